The monoisotopic (exact) mass is 238 g/mol. The predicted octanol–water partition coefficient (Wildman–Crippen LogP) is 1.95. The molecule has 1 aromatic rings. The molecule has 0 atom stereocenters. The zero-order valence-corrected chi connectivity index (χ0v) is 9.86. The Kier molecular flexibility index (Phi) is 4.25. The van der Waals surface area contributed by atoms with Crippen molar-refractivity contribution >= 4 is 12.9 Å². The first kappa shape index (κ1) is 12.9. The lowest BCUT2D eigenvalue weighted by Crippen LogP contribution is -2.11. The average molecular weight is 238 g/mol. The number of benzene rings is 1. The van der Waals surface area contributed by atoms with Crippen LogP contribution < -0.4 is 5.30 Å². The highest BCUT2D eigenvalue weighted by Crippen LogP contribution is 2.35. The second kappa shape index (κ2) is 5.26. The van der Waals surface area contributed by atoms with E-state index in [9.17, 15) is 14.4 Å². The van der Waals surface area contributed by atoms with Gasteiger partial charge in [-0.2, -0.15) is 0 Å². The van der Waals surface area contributed by atoms with Crippen LogP contribution in [0.5, 0.6) is 0 Å². The van der Waals surface area contributed by atoms with Crippen molar-refractivity contribution in [3.8, 4) is 0 Å². The van der Waals surface area contributed by atoms with Crippen molar-refractivity contribution < 1.29 is 14.4 Å². The zero-order chi connectivity index (χ0) is 12.2. The van der Waals surface area contributed by atoms with E-state index in [0.29, 0.717) is 18.4 Å². The van der Waals surface area contributed by atoms with E-state index in [1.54, 1.807) is 24.3 Å². The third-order valence-corrected chi connectivity index (χ3v) is 3.25. The van der Waals surface area contributed by atoms with E-state index >= 15 is 0 Å². The van der Waals surface area contributed by atoms with Crippen molar-refractivity contribution in [3.05, 3.63) is 54.6 Å². The number of allylic oxidation sites excluding steroid dienone is 2. The molecular formula is C12H15O3P. The highest BCUT2D eigenvalue weighted by Gasteiger charge is 2.21. The van der Waals surface area contributed by atoms with Gasteiger partial charge in [0.2, 0.25) is 0 Å². The van der Waals surface area contributed by atoms with Crippen LogP contribution in [0.1, 0.15) is 11.1 Å². The van der Waals surface area contributed by atoms with Crippen molar-refractivity contribution in [1.82, 2.24) is 0 Å². The fraction of sp³-hybridized carbons (Fsp3) is 0.167. The highest BCUT2D eigenvalue weighted by atomic mass is 31.2. The lowest BCUT2D eigenvalue weighted by atomic mass is 10.1. The topological polar surface area (TPSA) is 57.5 Å². The normalized spacial score (nSPS) is 11.1. The quantitative estimate of drug-likeness (QED) is 0.609. The second-order valence-electron chi connectivity index (χ2n) is 3.49. The maximum Gasteiger partial charge on any atom is 0.356 e. The third-order valence-electron chi connectivity index (χ3n) is 2.21. The molecule has 16 heavy (non-hydrogen) atoms. The van der Waals surface area contributed by atoms with Crippen molar-refractivity contribution in [2.75, 3.05) is 0 Å². The number of hydrogen-bond acceptors (Lipinski definition) is 1. The van der Waals surface area contributed by atoms with Crippen LogP contribution >= 0.6 is 7.60 Å². The van der Waals surface area contributed by atoms with Crippen LogP contribution in [-0.2, 0) is 17.4 Å². The van der Waals surface area contributed by atoms with Gasteiger partial charge in [-0.3, -0.25) is 4.57 Å². The molecule has 2 N–H and O–H groups in total. The SMILES string of the molecule is C=CCc1ccc(CC=C)c(P(=O)(O)O)c1. The highest BCUT2D eigenvalue weighted by molar-refractivity contribution is 7.60. The van der Waals surface area contributed by atoms with Crippen LogP contribution in [-0.4, -0.2) is 9.79 Å². The third kappa shape index (κ3) is 3.17. The molecule has 0 aliphatic rings. The molecule has 0 spiro atoms. The van der Waals surface area contributed by atoms with E-state index in [2.05, 4.69) is 13.2 Å². The Morgan fingerprint density at radius 2 is 1.81 bits per heavy atom. The van der Waals surface area contributed by atoms with E-state index in [1.165, 1.54) is 0 Å². The van der Waals surface area contributed by atoms with Crippen LogP contribution in [0, 0.1) is 0 Å². The molecule has 86 valence electrons. The molecule has 0 saturated carbocycles. The Bertz CT molecular complexity index is 446. The summed E-state index contributed by atoms with van der Waals surface area (Å²) in [6.07, 6.45) is 4.38. The Morgan fingerprint density at radius 1 is 1.19 bits per heavy atom. The van der Waals surface area contributed by atoms with Gasteiger partial charge < -0.3 is 9.79 Å². The molecular weight excluding hydrogens is 223 g/mol. The summed E-state index contributed by atoms with van der Waals surface area (Å²) in [7, 11) is -4.22. The van der Waals surface area contributed by atoms with Crippen molar-refractivity contribution in [2.24, 2.45) is 0 Å². The first-order valence-electron chi connectivity index (χ1n) is 4.88. The molecule has 0 heterocycles. The molecule has 0 aromatic heterocycles. The van der Waals surface area contributed by atoms with Crippen LogP contribution in [0.15, 0.2) is 43.5 Å². The molecule has 0 amide bonds. The minimum absolute atomic E-state index is 0.0896. The minimum atomic E-state index is -4.22. The van der Waals surface area contributed by atoms with Gasteiger partial charge in [0.05, 0.1) is 5.30 Å². The molecule has 0 bridgehead atoms. The van der Waals surface area contributed by atoms with Crippen molar-refractivity contribution in [3.63, 3.8) is 0 Å². The van der Waals surface area contributed by atoms with Gasteiger partial charge in [0, 0.05) is 0 Å². The van der Waals surface area contributed by atoms with Crippen LogP contribution in [0.25, 0.3) is 0 Å². The molecule has 0 unspecified atom stereocenters. The first-order valence-corrected chi connectivity index (χ1v) is 6.50. The first-order chi connectivity index (χ1) is 7.49. The Morgan fingerprint density at radius 3 is 2.31 bits per heavy atom. The smallest absolute Gasteiger partial charge is 0.321 e. The van der Waals surface area contributed by atoms with Gasteiger partial charge in [-0.1, -0.05) is 24.3 Å². The Hall–Kier alpha value is -1.15. The van der Waals surface area contributed by atoms with Crippen molar-refractivity contribution in [2.45, 2.75) is 12.8 Å². The van der Waals surface area contributed by atoms with E-state index in [1.807, 2.05) is 6.07 Å². The summed E-state index contributed by atoms with van der Waals surface area (Å²) < 4.78 is 11.3. The van der Waals surface area contributed by atoms with Gasteiger partial charge in [0.15, 0.2) is 0 Å². The second-order valence-corrected chi connectivity index (χ2v) is 5.06. The molecule has 0 saturated heterocycles. The van der Waals surface area contributed by atoms with Crippen LogP contribution in [0.4, 0.5) is 0 Å². The van der Waals surface area contributed by atoms with E-state index in [4.69, 9.17) is 0 Å². The Labute approximate surface area is 95.3 Å². The molecule has 0 aliphatic carbocycles. The Balaban J connectivity index is 3.26. The molecule has 4 heteroatoms. The van der Waals surface area contributed by atoms with Crippen LogP contribution in [0.2, 0.25) is 0 Å². The molecule has 0 radical (unpaired) electrons. The van der Waals surface area contributed by atoms with Gasteiger partial charge >= 0.3 is 7.60 Å². The lowest BCUT2D eigenvalue weighted by molar-refractivity contribution is 0.387. The molecule has 3 nitrogen and oxygen atoms in total. The summed E-state index contributed by atoms with van der Waals surface area (Å²) in [5.74, 6) is 0. The van der Waals surface area contributed by atoms with E-state index in [0.717, 1.165) is 5.56 Å². The van der Waals surface area contributed by atoms with Gasteiger partial charge in [-0.05, 0) is 30.0 Å². The summed E-state index contributed by atoms with van der Waals surface area (Å²) in [5, 5.41) is 0.0896. The minimum Gasteiger partial charge on any atom is -0.321 e. The summed E-state index contributed by atoms with van der Waals surface area (Å²) in [4.78, 5) is 18.5. The number of rotatable bonds is 5. The molecule has 1 rings (SSSR count). The van der Waals surface area contributed by atoms with Gasteiger partial charge in [0.25, 0.3) is 0 Å². The van der Waals surface area contributed by atoms with E-state index < -0.39 is 7.60 Å². The fourth-order valence-electron chi connectivity index (χ4n) is 1.50. The standard InChI is InChI=1S/C12H15O3P/c1-3-5-10-7-8-11(6-4-2)12(9-10)16(13,14)15/h3-4,7-9H,1-2,5-6H2,(H2,13,14,15). The lowest BCUT2D eigenvalue weighted by Gasteiger charge is -2.11. The average Bonchev–Trinajstić information content (AvgIpc) is 2.19. The van der Waals surface area contributed by atoms with Gasteiger partial charge in [0.1, 0.15) is 0 Å². The maximum atomic E-state index is 11.3. The zero-order valence-electron chi connectivity index (χ0n) is 8.97. The fourth-order valence-corrected chi connectivity index (χ4v) is 2.38. The summed E-state index contributed by atoms with van der Waals surface area (Å²) in [6, 6.07) is 5.12. The molecule has 0 aliphatic heterocycles. The predicted molar refractivity (Wildman–Crippen MR) is 65.9 cm³/mol. The largest absolute Gasteiger partial charge is 0.356 e. The van der Waals surface area contributed by atoms with Gasteiger partial charge in [-0.25, -0.2) is 0 Å². The van der Waals surface area contributed by atoms with Crippen LogP contribution in [0.3, 0.4) is 0 Å². The molecule has 0 fully saturated rings. The van der Waals surface area contributed by atoms with E-state index in [-0.39, 0.29) is 5.30 Å². The van der Waals surface area contributed by atoms with Crippen molar-refractivity contribution in [1.29, 1.82) is 0 Å². The summed E-state index contributed by atoms with van der Waals surface area (Å²) >= 11 is 0. The number of hydrogen-bond donors (Lipinski definition) is 2. The summed E-state index contributed by atoms with van der Waals surface area (Å²) in [6.45, 7) is 7.17. The van der Waals surface area contributed by atoms with Gasteiger partial charge in [-0.15, -0.1) is 13.2 Å². The summed E-state index contributed by atoms with van der Waals surface area (Å²) in [5.41, 5.74) is 1.47. The molecule has 1 aromatic carbocycles. The maximum absolute atomic E-state index is 11.3.